The molecular weight excluding hydrogens is 276 g/mol. The molecule has 0 spiro atoms. The second kappa shape index (κ2) is 8.93. The monoisotopic (exact) mass is 296 g/mol. The van der Waals surface area contributed by atoms with Gasteiger partial charge in [-0.1, -0.05) is 66.7 Å². The molecule has 0 saturated carbocycles. The number of ether oxygens (including phenoxy) is 2. The van der Waals surface area contributed by atoms with E-state index < -0.39 is 12.2 Å². The van der Waals surface area contributed by atoms with Gasteiger partial charge in [0.05, 0.1) is 13.2 Å². The van der Waals surface area contributed by atoms with Crippen LogP contribution in [0.1, 0.15) is 11.1 Å². The van der Waals surface area contributed by atoms with E-state index >= 15 is 0 Å². The fourth-order valence-electron chi connectivity index (χ4n) is 2.04. The Morgan fingerprint density at radius 1 is 0.818 bits per heavy atom. The molecule has 0 aromatic heterocycles. The van der Waals surface area contributed by atoms with Crippen LogP contribution in [0.25, 0.3) is 0 Å². The van der Waals surface area contributed by atoms with Gasteiger partial charge >= 0.3 is 0 Å². The third kappa shape index (κ3) is 4.95. The average Bonchev–Trinajstić information content (AvgIpc) is 2.59. The Kier molecular flexibility index (Phi) is 6.55. The lowest BCUT2D eigenvalue weighted by molar-refractivity contribution is -0.128. The molecule has 0 heterocycles. The van der Waals surface area contributed by atoms with Gasteiger partial charge in [-0.15, -0.1) is 6.58 Å². The summed E-state index contributed by atoms with van der Waals surface area (Å²) in [7, 11) is 0. The standard InChI is InChI=1S/C19H20O3/c1-2-18(21-14-16-9-5-3-6-10-16)19(13-20)22-15-17-11-7-4-8-12-17/h2-13,18-19H,1,14-15H2. The quantitative estimate of drug-likeness (QED) is 0.524. The molecule has 3 nitrogen and oxygen atoms in total. The Morgan fingerprint density at radius 3 is 1.68 bits per heavy atom. The van der Waals surface area contributed by atoms with Crippen molar-refractivity contribution in [1.29, 1.82) is 0 Å². The lowest BCUT2D eigenvalue weighted by atomic mass is 10.2. The van der Waals surface area contributed by atoms with Crippen LogP contribution in [0.3, 0.4) is 0 Å². The molecular formula is C19H20O3. The molecule has 0 radical (unpaired) electrons. The van der Waals surface area contributed by atoms with Gasteiger partial charge in [-0.05, 0) is 11.1 Å². The zero-order chi connectivity index (χ0) is 15.6. The largest absolute Gasteiger partial charge is 0.366 e. The molecule has 0 N–H and O–H groups in total. The highest BCUT2D eigenvalue weighted by molar-refractivity contribution is 5.57. The van der Waals surface area contributed by atoms with Gasteiger partial charge in [0.1, 0.15) is 12.2 Å². The maximum atomic E-state index is 11.3. The van der Waals surface area contributed by atoms with Gasteiger partial charge in [0.25, 0.3) is 0 Å². The van der Waals surface area contributed by atoms with Crippen LogP contribution in [0.5, 0.6) is 0 Å². The van der Waals surface area contributed by atoms with Crippen molar-refractivity contribution in [2.24, 2.45) is 0 Å². The molecule has 0 aliphatic carbocycles. The fraction of sp³-hybridized carbons (Fsp3) is 0.211. The van der Waals surface area contributed by atoms with E-state index in [-0.39, 0.29) is 0 Å². The van der Waals surface area contributed by atoms with Crippen LogP contribution in [0.2, 0.25) is 0 Å². The number of aldehydes is 1. The number of benzene rings is 2. The lowest BCUT2D eigenvalue weighted by Gasteiger charge is -2.21. The highest BCUT2D eigenvalue weighted by Gasteiger charge is 2.19. The van der Waals surface area contributed by atoms with E-state index in [4.69, 9.17) is 9.47 Å². The van der Waals surface area contributed by atoms with Crippen molar-refractivity contribution in [3.05, 3.63) is 84.4 Å². The first-order valence-corrected chi connectivity index (χ1v) is 7.22. The average molecular weight is 296 g/mol. The number of carbonyl (C=O) groups excluding carboxylic acids is 1. The molecule has 0 saturated heterocycles. The third-order valence-corrected chi connectivity index (χ3v) is 3.26. The summed E-state index contributed by atoms with van der Waals surface area (Å²) in [6, 6.07) is 19.5. The Hall–Kier alpha value is -2.23. The Balaban J connectivity index is 1.89. The van der Waals surface area contributed by atoms with Crippen molar-refractivity contribution in [1.82, 2.24) is 0 Å². The number of hydrogen-bond donors (Lipinski definition) is 0. The van der Waals surface area contributed by atoms with Gasteiger partial charge in [-0.25, -0.2) is 0 Å². The number of rotatable bonds is 9. The van der Waals surface area contributed by atoms with Gasteiger partial charge in [0.15, 0.2) is 6.29 Å². The molecule has 2 unspecified atom stereocenters. The zero-order valence-corrected chi connectivity index (χ0v) is 12.4. The minimum absolute atomic E-state index is 0.364. The zero-order valence-electron chi connectivity index (χ0n) is 12.4. The minimum Gasteiger partial charge on any atom is -0.366 e. The van der Waals surface area contributed by atoms with Crippen molar-refractivity contribution in [2.75, 3.05) is 0 Å². The number of hydrogen-bond acceptors (Lipinski definition) is 3. The molecule has 2 atom stereocenters. The normalized spacial score (nSPS) is 13.3. The van der Waals surface area contributed by atoms with Crippen molar-refractivity contribution in [3.63, 3.8) is 0 Å². The maximum absolute atomic E-state index is 11.3. The Bertz CT molecular complexity index is 512. The summed E-state index contributed by atoms with van der Waals surface area (Å²) in [5.74, 6) is 0. The predicted molar refractivity (Wildman–Crippen MR) is 86.3 cm³/mol. The summed E-state index contributed by atoms with van der Waals surface area (Å²) in [6.07, 6.45) is 1.23. The van der Waals surface area contributed by atoms with Crippen LogP contribution >= 0.6 is 0 Å². The predicted octanol–water partition coefficient (Wildman–Crippen LogP) is 3.54. The van der Waals surface area contributed by atoms with Gasteiger partial charge < -0.3 is 14.3 Å². The summed E-state index contributed by atoms with van der Waals surface area (Å²) in [4.78, 5) is 11.3. The molecule has 0 bridgehead atoms. The molecule has 114 valence electrons. The summed E-state index contributed by atoms with van der Waals surface area (Å²) in [5, 5.41) is 0. The first-order valence-electron chi connectivity index (χ1n) is 7.22. The molecule has 2 aromatic rings. The highest BCUT2D eigenvalue weighted by atomic mass is 16.5. The van der Waals surface area contributed by atoms with Crippen molar-refractivity contribution in [3.8, 4) is 0 Å². The van der Waals surface area contributed by atoms with Crippen molar-refractivity contribution < 1.29 is 14.3 Å². The summed E-state index contributed by atoms with van der Waals surface area (Å²) < 4.78 is 11.4. The minimum atomic E-state index is -0.665. The second-order valence-corrected chi connectivity index (χ2v) is 4.89. The summed E-state index contributed by atoms with van der Waals surface area (Å²) in [6.45, 7) is 4.51. The van der Waals surface area contributed by atoms with Crippen LogP contribution in [0, 0.1) is 0 Å². The summed E-state index contributed by atoms with van der Waals surface area (Å²) >= 11 is 0. The fourth-order valence-corrected chi connectivity index (χ4v) is 2.04. The summed E-state index contributed by atoms with van der Waals surface area (Å²) in [5.41, 5.74) is 2.06. The van der Waals surface area contributed by atoms with Crippen molar-refractivity contribution in [2.45, 2.75) is 25.4 Å². The molecule has 0 aliphatic heterocycles. The molecule has 2 rings (SSSR count). The Labute approximate surface area is 131 Å². The van der Waals surface area contributed by atoms with Crippen LogP contribution in [-0.2, 0) is 27.5 Å². The van der Waals surface area contributed by atoms with E-state index in [1.165, 1.54) is 0 Å². The van der Waals surface area contributed by atoms with Crippen LogP contribution in [0.4, 0.5) is 0 Å². The van der Waals surface area contributed by atoms with Gasteiger partial charge in [-0.3, -0.25) is 0 Å². The van der Waals surface area contributed by atoms with E-state index in [2.05, 4.69) is 6.58 Å². The van der Waals surface area contributed by atoms with Crippen LogP contribution in [-0.4, -0.2) is 18.5 Å². The molecule has 0 aliphatic rings. The van der Waals surface area contributed by atoms with Crippen molar-refractivity contribution >= 4 is 6.29 Å². The first kappa shape index (κ1) is 16.1. The van der Waals surface area contributed by atoms with Gasteiger partial charge in [0, 0.05) is 0 Å². The topological polar surface area (TPSA) is 35.5 Å². The molecule has 0 amide bonds. The second-order valence-electron chi connectivity index (χ2n) is 4.89. The SMILES string of the molecule is C=CC(OCc1ccccc1)C(C=O)OCc1ccccc1. The van der Waals surface area contributed by atoms with E-state index in [1.807, 2.05) is 60.7 Å². The van der Waals surface area contributed by atoms with E-state index in [1.54, 1.807) is 6.08 Å². The maximum Gasteiger partial charge on any atom is 0.151 e. The van der Waals surface area contributed by atoms with E-state index in [0.717, 1.165) is 17.4 Å². The van der Waals surface area contributed by atoms with E-state index in [9.17, 15) is 4.79 Å². The molecule has 3 heteroatoms. The highest BCUT2D eigenvalue weighted by Crippen LogP contribution is 2.11. The van der Waals surface area contributed by atoms with Gasteiger partial charge in [0.2, 0.25) is 0 Å². The Morgan fingerprint density at radius 2 is 1.27 bits per heavy atom. The smallest absolute Gasteiger partial charge is 0.151 e. The molecule has 0 fully saturated rings. The molecule has 22 heavy (non-hydrogen) atoms. The lowest BCUT2D eigenvalue weighted by Crippen LogP contribution is -2.31. The van der Waals surface area contributed by atoms with E-state index in [0.29, 0.717) is 13.2 Å². The van der Waals surface area contributed by atoms with Crippen LogP contribution in [0.15, 0.2) is 73.3 Å². The molecule has 2 aromatic carbocycles. The van der Waals surface area contributed by atoms with Gasteiger partial charge in [-0.2, -0.15) is 0 Å². The number of carbonyl (C=O) groups is 1. The third-order valence-electron chi connectivity index (χ3n) is 3.26. The first-order chi connectivity index (χ1) is 10.8. The van der Waals surface area contributed by atoms with Crippen LogP contribution < -0.4 is 0 Å².